The van der Waals surface area contributed by atoms with Crippen LogP contribution in [-0.4, -0.2) is 46.5 Å². The van der Waals surface area contributed by atoms with Crippen LogP contribution < -0.4 is 5.73 Å². The minimum atomic E-state index is 0.527. The molecule has 0 unspecified atom stereocenters. The highest BCUT2D eigenvalue weighted by molar-refractivity contribution is 7.80. The number of thiocarbonyl (C=S) groups is 1. The number of methoxy groups -OCH3 is 1. The van der Waals surface area contributed by atoms with Crippen LogP contribution in [0.4, 0.5) is 0 Å². The van der Waals surface area contributed by atoms with Crippen molar-refractivity contribution in [3.05, 3.63) is 16.4 Å². The molecule has 2 N–H and O–H groups in total. The number of nitrogens with zero attached hydrogens (tertiary/aromatic N) is 3. The lowest BCUT2D eigenvalue weighted by Crippen LogP contribution is -2.31. The van der Waals surface area contributed by atoms with E-state index in [1.165, 1.54) is 0 Å². The molecule has 20 heavy (non-hydrogen) atoms. The zero-order chi connectivity index (χ0) is 15.1. The number of hydrogen-bond donors (Lipinski definition) is 1. The normalized spacial score (nSPS) is 11.2. The highest BCUT2D eigenvalue weighted by atomic mass is 35.5. The number of aryl methyl sites for hydroxylation is 2. The third-order valence-corrected chi connectivity index (χ3v) is 3.81. The minimum absolute atomic E-state index is 0.527. The van der Waals surface area contributed by atoms with Crippen molar-refractivity contribution in [2.75, 3.05) is 26.8 Å². The number of rotatable bonds is 9. The fraction of sp³-hybridized carbons (Fsp3) is 0.692. The van der Waals surface area contributed by atoms with Gasteiger partial charge in [-0.1, -0.05) is 23.8 Å². The molecule has 0 saturated heterocycles. The summed E-state index contributed by atoms with van der Waals surface area (Å²) in [6, 6.07) is 0. The van der Waals surface area contributed by atoms with Gasteiger partial charge in [-0.25, -0.2) is 0 Å². The number of nitrogens with two attached hydrogens (primary N) is 1. The van der Waals surface area contributed by atoms with E-state index in [9.17, 15) is 0 Å². The van der Waals surface area contributed by atoms with Gasteiger partial charge in [0.1, 0.15) is 0 Å². The SMILES string of the molecule is CCn1nc(C)c(Cl)c1CN(CCOC)CCC(N)=S. The zero-order valence-electron chi connectivity index (χ0n) is 12.4. The van der Waals surface area contributed by atoms with Gasteiger partial charge in [-0.2, -0.15) is 5.10 Å². The highest BCUT2D eigenvalue weighted by Gasteiger charge is 2.16. The van der Waals surface area contributed by atoms with Gasteiger partial charge >= 0.3 is 0 Å². The quantitative estimate of drug-likeness (QED) is 0.706. The van der Waals surface area contributed by atoms with Gasteiger partial charge in [0.15, 0.2) is 0 Å². The first-order chi connectivity index (χ1) is 9.49. The van der Waals surface area contributed by atoms with E-state index < -0.39 is 0 Å². The second-order valence-corrected chi connectivity index (χ2v) is 5.55. The van der Waals surface area contributed by atoms with Gasteiger partial charge in [0, 0.05) is 39.7 Å². The lowest BCUT2D eigenvalue weighted by molar-refractivity contribution is 0.144. The van der Waals surface area contributed by atoms with Gasteiger partial charge in [-0.15, -0.1) is 0 Å². The van der Waals surface area contributed by atoms with Crippen LogP contribution in [0.5, 0.6) is 0 Å². The van der Waals surface area contributed by atoms with Gasteiger partial charge in [0.25, 0.3) is 0 Å². The molecule has 0 atom stereocenters. The van der Waals surface area contributed by atoms with Gasteiger partial charge in [0.2, 0.25) is 0 Å². The summed E-state index contributed by atoms with van der Waals surface area (Å²) < 4.78 is 7.09. The Hall–Kier alpha value is -0.690. The highest BCUT2D eigenvalue weighted by Crippen LogP contribution is 2.21. The summed E-state index contributed by atoms with van der Waals surface area (Å²) >= 11 is 11.3. The molecule has 1 heterocycles. The molecule has 7 heteroatoms. The fourth-order valence-corrected chi connectivity index (χ4v) is 2.28. The molecule has 0 aromatic carbocycles. The van der Waals surface area contributed by atoms with Crippen LogP contribution >= 0.6 is 23.8 Å². The Balaban J connectivity index is 2.79. The Labute approximate surface area is 131 Å². The molecule has 1 rings (SSSR count). The zero-order valence-corrected chi connectivity index (χ0v) is 13.9. The standard InChI is InChI=1S/C13H23ClN4OS/c1-4-18-11(13(14)10(2)16-18)9-17(7-8-19-3)6-5-12(15)20/h4-9H2,1-3H3,(H2,15,20). The summed E-state index contributed by atoms with van der Waals surface area (Å²) in [5, 5.41) is 5.17. The van der Waals surface area contributed by atoms with E-state index in [1.54, 1.807) is 7.11 Å². The van der Waals surface area contributed by atoms with Crippen molar-refractivity contribution in [2.45, 2.75) is 33.4 Å². The average molecular weight is 319 g/mol. The maximum absolute atomic E-state index is 6.34. The molecular weight excluding hydrogens is 296 g/mol. The van der Waals surface area contributed by atoms with Crippen LogP contribution in [0.2, 0.25) is 5.02 Å². The van der Waals surface area contributed by atoms with Gasteiger partial charge in [0.05, 0.1) is 28.0 Å². The number of ether oxygens (including phenoxy) is 1. The predicted octanol–water partition coefficient (Wildman–Crippen LogP) is 1.99. The first-order valence-electron chi connectivity index (χ1n) is 6.71. The second-order valence-electron chi connectivity index (χ2n) is 4.65. The summed E-state index contributed by atoms with van der Waals surface area (Å²) in [7, 11) is 1.69. The fourth-order valence-electron chi connectivity index (χ4n) is 1.99. The largest absolute Gasteiger partial charge is 0.393 e. The molecule has 0 saturated carbocycles. The molecule has 0 aliphatic heterocycles. The van der Waals surface area contributed by atoms with Crippen molar-refractivity contribution < 1.29 is 4.74 Å². The van der Waals surface area contributed by atoms with Gasteiger partial charge < -0.3 is 10.5 Å². The smallest absolute Gasteiger partial charge is 0.0860 e. The van der Waals surface area contributed by atoms with Crippen LogP contribution in [0, 0.1) is 6.92 Å². The van der Waals surface area contributed by atoms with Gasteiger partial charge in [-0.3, -0.25) is 9.58 Å². The Morgan fingerprint density at radius 1 is 1.50 bits per heavy atom. The molecule has 0 amide bonds. The topological polar surface area (TPSA) is 56.3 Å². The summed E-state index contributed by atoms with van der Waals surface area (Å²) in [5.41, 5.74) is 7.48. The Kier molecular flexibility index (Phi) is 7.43. The van der Waals surface area contributed by atoms with E-state index in [2.05, 4.69) is 16.9 Å². The Morgan fingerprint density at radius 2 is 2.20 bits per heavy atom. The van der Waals surface area contributed by atoms with Crippen molar-refractivity contribution >= 4 is 28.8 Å². The van der Waals surface area contributed by atoms with Crippen LogP contribution in [0.15, 0.2) is 0 Å². The first-order valence-corrected chi connectivity index (χ1v) is 7.49. The molecule has 1 aromatic rings. The summed E-state index contributed by atoms with van der Waals surface area (Å²) in [4.78, 5) is 2.76. The van der Waals surface area contributed by atoms with E-state index in [-0.39, 0.29) is 0 Å². The average Bonchev–Trinajstić information content (AvgIpc) is 2.68. The minimum Gasteiger partial charge on any atom is -0.393 e. The van der Waals surface area contributed by atoms with Crippen LogP contribution in [-0.2, 0) is 17.8 Å². The van der Waals surface area contributed by atoms with E-state index in [4.69, 9.17) is 34.3 Å². The lowest BCUT2D eigenvalue weighted by Gasteiger charge is -2.22. The van der Waals surface area contributed by atoms with E-state index >= 15 is 0 Å². The lowest BCUT2D eigenvalue weighted by atomic mass is 10.3. The molecule has 0 aliphatic carbocycles. The van der Waals surface area contributed by atoms with Crippen molar-refractivity contribution in [3.8, 4) is 0 Å². The van der Waals surface area contributed by atoms with Crippen molar-refractivity contribution in [3.63, 3.8) is 0 Å². The van der Waals surface area contributed by atoms with Crippen LogP contribution in [0.25, 0.3) is 0 Å². The second kappa shape index (κ2) is 8.56. The Bertz CT molecular complexity index is 450. The molecule has 1 aromatic heterocycles. The van der Waals surface area contributed by atoms with E-state index in [1.807, 2.05) is 11.6 Å². The third-order valence-electron chi connectivity index (χ3n) is 3.11. The molecule has 0 fully saturated rings. The molecular formula is C13H23ClN4OS. The maximum atomic E-state index is 6.34. The van der Waals surface area contributed by atoms with Crippen molar-refractivity contribution in [1.29, 1.82) is 0 Å². The van der Waals surface area contributed by atoms with Crippen LogP contribution in [0.1, 0.15) is 24.7 Å². The molecule has 5 nitrogen and oxygen atoms in total. The van der Waals surface area contributed by atoms with Crippen molar-refractivity contribution in [2.24, 2.45) is 5.73 Å². The van der Waals surface area contributed by atoms with E-state index in [0.717, 1.165) is 42.6 Å². The van der Waals surface area contributed by atoms with Crippen molar-refractivity contribution in [1.82, 2.24) is 14.7 Å². The first kappa shape index (κ1) is 17.4. The number of aromatic nitrogens is 2. The molecule has 114 valence electrons. The van der Waals surface area contributed by atoms with Crippen LogP contribution in [0.3, 0.4) is 0 Å². The monoisotopic (exact) mass is 318 g/mol. The third kappa shape index (κ3) is 5.01. The maximum Gasteiger partial charge on any atom is 0.0860 e. The molecule has 0 bridgehead atoms. The molecule has 0 spiro atoms. The summed E-state index contributed by atoms with van der Waals surface area (Å²) in [6.45, 7) is 7.77. The predicted molar refractivity (Wildman–Crippen MR) is 86.2 cm³/mol. The number of halogens is 1. The molecule has 0 radical (unpaired) electrons. The number of hydrogen-bond acceptors (Lipinski definition) is 4. The summed E-state index contributed by atoms with van der Waals surface area (Å²) in [6.07, 6.45) is 0.690. The van der Waals surface area contributed by atoms with Gasteiger partial charge in [-0.05, 0) is 13.8 Å². The molecule has 0 aliphatic rings. The van der Waals surface area contributed by atoms with E-state index in [0.29, 0.717) is 18.0 Å². The summed E-state index contributed by atoms with van der Waals surface area (Å²) in [5.74, 6) is 0. The Morgan fingerprint density at radius 3 is 2.75 bits per heavy atom.